The first kappa shape index (κ1) is 11.2. The Bertz CT molecular complexity index is 502. The lowest BCUT2D eigenvalue weighted by atomic mass is 10.2. The van der Waals surface area contributed by atoms with Gasteiger partial charge in [-0.2, -0.15) is 0 Å². The van der Waals surface area contributed by atoms with Gasteiger partial charge in [0.1, 0.15) is 0 Å². The van der Waals surface area contributed by atoms with Gasteiger partial charge in [0.05, 0.1) is 11.3 Å². The molecule has 16 heavy (non-hydrogen) atoms. The third-order valence-corrected chi connectivity index (χ3v) is 4.75. The van der Waals surface area contributed by atoms with Crippen LogP contribution in [0.15, 0.2) is 35.7 Å². The van der Waals surface area contributed by atoms with Crippen LogP contribution in [0.5, 0.6) is 0 Å². The van der Waals surface area contributed by atoms with Crippen molar-refractivity contribution in [1.82, 2.24) is 0 Å². The molecule has 0 aliphatic carbocycles. The highest BCUT2D eigenvalue weighted by Crippen LogP contribution is 2.21. The van der Waals surface area contributed by atoms with Crippen LogP contribution in [0.2, 0.25) is 0 Å². The Balaban J connectivity index is 2.13. The van der Waals surface area contributed by atoms with Crippen LogP contribution >= 0.6 is 0 Å². The fraction of sp³-hybridized carbons (Fsp3) is 0.333. The topological polar surface area (TPSA) is 46.2 Å². The predicted octanol–water partition coefficient (Wildman–Crippen LogP) is 2.11. The van der Waals surface area contributed by atoms with Gasteiger partial charge in [-0.15, -0.1) is 0 Å². The van der Waals surface area contributed by atoms with Gasteiger partial charge < -0.3 is 5.32 Å². The molecule has 1 aromatic carbocycles. The quantitative estimate of drug-likeness (QED) is 0.857. The van der Waals surface area contributed by atoms with Gasteiger partial charge in [0.2, 0.25) is 0 Å². The van der Waals surface area contributed by atoms with E-state index in [0.717, 1.165) is 5.69 Å². The summed E-state index contributed by atoms with van der Waals surface area (Å²) in [6, 6.07) is 7.79. The maximum absolute atomic E-state index is 11.5. The van der Waals surface area contributed by atoms with Crippen LogP contribution in [-0.2, 0) is 9.84 Å². The first-order chi connectivity index (χ1) is 7.49. The molecule has 0 spiro atoms. The summed E-state index contributed by atoms with van der Waals surface area (Å²) in [4.78, 5) is 0. The highest BCUT2D eigenvalue weighted by Gasteiger charge is 2.31. The lowest BCUT2D eigenvalue weighted by Gasteiger charge is -2.17. The summed E-state index contributed by atoms with van der Waals surface area (Å²) in [5, 5.41) is 4.11. The number of hydrogen-bond acceptors (Lipinski definition) is 3. The van der Waals surface area contributed by atoms with Crippen molar-refractivity contribution in [2.75, 3.05) is 5.32 Å². The van der Waals surface area contributed by atoms with Gasteiger partial charge >= 0.3 is 0 Å². The van der Waals surface area contributed by atoms with Crippen LogP contribution in [-0.4, -0.2) is 19.7 Å². The zero-order valence-corrected chi connectivity index (χ0v) is 10.2. The normalized spacial score (nSPS) is 26.9. The number of anilines is 1. The molecule has 1 aromatic rings. The Morgan fingerprint density at radius 1 is 1.19 bits per heavy atom. The fourth-order valence-corrected chi connectivity index (χ4v) is 2.89. The van der Waals surface area contributed by atoms with E-state index in [-0.39, 0.29) is 6.04 Å². The molecule has 0 amide bonds. The standard InChI is InChI=1S/C12H15NO2S/c1-9-3-5-11(6-4-9)13-12-7-8-16(14,15)10(12)2/h3-8,10,12-13H,1-2H3/t10-,12+/m1/s1. The summed E-state index contributed by atoms with van der Waals surface area (Å²) in [5.74, 6) is 0. The van der Waals surface area contributed by atoms with Crippen LogP contribution < -0.4 is 5.32 Å². The molecule has 86 valence electrons. The van der Waals surface area contributed by atoms with E-state index >= 15 is 0 Å². The fourth-order valence-electron chi connectivity index (χ4n) is 1.69. The summed E-state index contributed by atoms with van der Waals surface area (Å²) in [5.41, 5.74) is 2.14. The number of hydrogen-bond donors (Lipinski definition) is 1. The van der Waals surface area contributed by atoms with Gasteiger partial charge in [-0.05, 0) is 32.1 Å². The summed E-state index contributed by atoms with van der Waals surface area (Å²) in [7, 11) is -3.05. The van der Waals surface area contributed by atoms with E-state index < -0.39 is 15.1 Å². The second-order valence-corrected chi connectivity index (χ2v) is 6.35. The highest BCUT2D eigenvalue weighted by molar-refractivity contribution is 7.95. The number of nitrogens with one attached hydrogen (secondary N) is 1. The molecule has 2 atom stereocenters. The molecule has 1 aliphatic rings. The van der Waals surface area contributed by atoms with Crippen LogP contribution in [0.1, 0.15) is 12.5 Å². The van der Waals surface area contributed by atoms with Crippen LogP contribution in [0, 0.1) is 6.92 Å². The van der Waals surface area contributed by atoms with E-state index in [0.29, 0.717) is 0 Å². The SMILES string of the molecule is Cc1ccc(N[C@H]2C=CS(=O)(=O)[C@@H]2C)cc1. The van der Waals surface area contributed by atoms with E-state index in [2.05, 4.69) is 5.32 Å². The summed E-state index contributed by atoms with van der Waals surface area (Å²) < 4.78 is 23.0. The van der Waals surface area contributed by atoms with Crippen molar-refractivity contribution >= 4 is 15.5 Å². The summed E-state index contributed by atoms with van der Waals surface area (Å²) >= 11 is 0. The van der Waals surface area contributed by atoms with Gasteiger partial charge in [0.15, 0.2) is 9.84 Å². The van der Waals surface area contributed by atoms with Crippen molar-refractivity contribution in [3.63, 3.8) is 0 Å². The van der Waals surface area contributed by atoms with Crippen LogP contribution in [0.4, 0.5) is 5.69 Å². The van der Waals surface area contributed by atoms with Gasteiger partial charge in [0.25, 0.3) is 0 Å². The van der Waals surface area contributed by atoms with E-state index in [9.17, 15) is 8.42 Å². The van der Waals surface area contributed by atoms with Crippen molar-refractivity contribution < 1.29 is 8.42 Å². The van der Waals surface area contributed by atoms with E-state index in [4.69, 9.17) is 0 Å². The molecule has 0 bridgehead atoms. The smallest absolute Gasteiger partial charge is 0.176 e. The molecular formula is C12H15NO2S. The van der Waals surface area contributed by atoms with Crippen molar-refractivity contribution in [2.24, 2.45) is 0 Å². The molecule has 1 aliphatic heterocycles. The zero-order chi connectivity index (χ0) is 11.8. The van der Waals surface area contributed by atoms with Gasteiger partial charge in [0, 0.05) is 11.1 Å². The molecule has 0 unspecified atom stereocenters. The van der Waals surface area contributed by atoms with E-state index in [1.807, 2.05) is 31.2 Å². The minimum atomic E-state index is -3.05. The Kier molecular flexibility index (Phi) is 2.76. The van der Waals surface area contributed by atoms with Gasteiger partial charge in [-0.25, -0.2) is 8.42 Å². The molecule has 0 saturated heterocycles. The molecule has 2 rings (SSSR count). The molecule has 0 aromatic heterocycles. The third kappa shape index (κ3) is 2.11. The van der Waals surface area contributed by atoms with Crippen molar-refractivity contribution in [3.05, 3.63) is 41.3 Å². The average molecular weight is 237 g/mol. The first-order valence-corrected chi connectivity index (χ1v) is 6.85. The predicted molar refractivity (Wildman–Crippen MR) is 66.1 cm³/mol. The molecule has 1 N–H and O–H groups in total. The van der Waals surface area contributed by atoms with Crippen molar-refractivity contribution in [1.29, 1.82) is 0 Å². The number of rotatable bonds is 2. The first-order valence-electron chi connectivity index (χ1n) is 5.24. The van der Waals surface area contributed by atoms with Gasteiger partial charge in [-0.1, -0.05) is 17.7 Å². The molecule has 0 saturated carbocycles. The number of sulfone groups is 1. The molecule has 4 heteroatoms. The van der Waals surface area contributed by atoms with Crippen molar-refractivity contribution in [3.8, 4) is 0 Å². The zero-order valence-electron chi connectivity index (χ0n) is 9.34. The minimum absolute atomic E-state index is 0.132. The maximum atomic E-state index is 11.5. The number of aryl methyl sites for hydroxylation is 1. The molecule has 0 fully saturated rings. The second kappa shape index (κ2) is 3.94. The lowest BCUT2D eigenvalue weighted by Crippen LogP contribution is -2.30. The molecule has 0 radical (unpaired) electrons. The second-order valence-electron chi connectivity index (χ2n) is 4.16. The molecule has 3 nitrogen and oxygen atoms in total. The molecular weight excluding hydrogens is 222 g/mol. The molecule has 1 heterocycles. The van der Waals surface area contributed by atoms with E-state index in [1.54, 1.807) is 13.0 Å². The largest absolute Gasteiger partial charge is 0.377 e. The average Bonchev–Trinajstić information content (AvgIpc) is 2.49. The number of benzene rings is 1. The Morgan fingerprint density at radius 3 is 2.31 bits per heavy atom. The van der Waals surface area contributed by atoms with Gasteiger partial charge in [-0.3, -0.25) is 0 Å². The van der Waals surface area contributed by atoms with Crippen molar-refractivity contribution in [2.45, 2.75) is 25.1 Å². The minimum Gasteiger partial charge on any atom is -0.377 e. The summed E-state index contributed by atoms with van der Waals surface area (Å²) in [6.07, 6.45) is 1.71. The van der Waals surface area contributed by atoms with Crippen LogP contribution in [0.3, 0.4) is 0 Å². The van der Waals surface area contributed by atoms with E-state index in [1.165, 1.54) is 11.0 Å². The third-order valence-electron chi connectivity index (χ3n) is 2.88. The summed E-state index contributed by atoms with van der Waals surface area (Å²) in [6.45, 7) is 3.74. The Morgan fingerprint density at radius 2 is 1.81 bits per heavy atom. The maximum Gasteiger partial charge on any atom is 0.176 e. The monoisotopic (exact) mass is 237 g/mol. The lowest BCUT2D eigenvalue weighted by molar-refractivity contribution is 0.593. The Hall–Kier alpha value is -1.29. The highest BCUT2D eigenvalue weighted by atomic mass is 32.2. The van der Waals surface area contributed by atoms with Crippen LogP contribution in [0.25, 0.3) is 0 Å². The Labute approximate surface area is 96.1 Å².